The van der Waals surface area contributed by atoms with E-state index < -0.39 is 0 Å². The van der Waals surface area contributed by atoms with E-state index in [1.807, 2.05) is 42.5 Å². The Morgan fingerprint density at radius 3 is 2.35 bits per heavy atom. The number of carbonyl (C=O) groups excluding carboxylic acids is 2. The summed E-state index contributed by atoms with van der Waals surface area (Å²) < 4.78 is 6.61. The Morgan fingerprint density at radius 1 is 1.06 bits per heavy atom. The van der Waals surface area contributed by atoms with Gasteiger partial charge in [-0.25, -0.2) is 0 Å². The number of hydrazone groups is 1. The third-order valence-corrected chi connectivity index (χ3v) is 7.34. The first-order chi connectivity index (χ1) is 15.0. The Hall–Kier alpha value is -2.44. The van der Waals surface area contributed by atoms with Crippen molar-refractivity contribution in [3.8, 4) is 5.75 Å². The summed E-state index contributed by atoms with van der Waals surface area (Å²) in [5.41, 5.74) is 1.66. The zero-order valence-electron chi connectivity index (χ0n) is 16.6. The number of halogens is 2. The maximum absolute atomic E-state index is 12.8. The Kier molecular flexibility index (Phi) is 5.44. The van der Waals surface area contributed by atoms with Gasteiger partial charge in [-0.1, -0.05) is 42.0 Å². The van der Waals surface area contributed by atoms with E-state index in [2.05, 4.69) is 33.2 Å². The molecule has 0 unspecified atom stereocenters. The zero-order chi connectivity index (χ0) is 21.5. The van der Waals surface area contributed by atoms with Gasteiger partial charge >= 0.3 is 0 Å². The molecule has 3 aliphatic carbocycles. The van der Waals surface area contributed by atoms with Gasteiger partial charge in [-0.3, -0.25) is 9.59 Å². The van der Waals surface area contributed by atoms with Crippen molar-refractivity contribution in [3.05, 3.63) is 75.2 Å². The van der Waals surface area contributed by atoms with Crippen molar-refractivity contribution in [1.29, 1.82) is 0 Å². The van der Waals surface area contributed by atoms with E-state index in [0.717, 1.165) is 33.5 Å². The van der Waals surface area contributed by atoms with E-state index in [0.29, 0.717) is 17.4 Å². The van der Waals surface area contributed by atoms with E-state index in [4.69, 9.17) is 16.3 Å². The predicted octanol–water partition coefficient (Wildman–Crippen LogP) is 5.21. The molecular weight excluding hydrogens is 480 g/mol. The Bertz CT molecular complexity index is 1080. The van der Waals surface area contributed by atoms with Crippen LogP contribution >= 0.6 is 27.5 Å². The van der Waals surface area contributed by atoms with Gasteiger partial charge < -0.3 is 4.74 Å². The summed E-state index contributed by atoms with van der Waals surface area (Å²) in [7, 11) is 0. The second kappa shape index (κ2) is 8.24. The lowest BCUT2D eigenvalue weighted by atomic mass is 9.63. The molecule has 2 aromatic carbocycles. The highest BCUT2D eigenvalue weighted by Gasteiger charge is 2.56. The lowest BCUT2D eigenvalue weighted by Gasteiger charge is -2.37. The van der Waals surface area contributed by atoms with Gasteiger partial charge in [-0.15, -0.1) is 0 Å². The minimum atomic E-state index is -0.249. The molecule has 31 heavy (non-hydrogen) atoms. The van der Waals surface area contributed by atoms with Crippen LogP contribution in [0.2, 0.25) is 5.02 Å². The summed E-state index contributed by atoms with van der Waals surface area (Å²) in [5, 5.41) is 5.99. The quantitative estimate of drug-likeness (QED) is 0.322. The molecule has 2 amide bonds. The van der Waals surface area contributed by atoms with Crippen molar-refractivity contribution in [2.24, 2.45) is 28.8 Å². The number of nitrogens with zero attached hydrogens (tertiary/aromatic N) is 2. The van der Waals surface area contributed by atoms with Gasteiger partial charge in [0.15, 0.2) is 0 Å². The molecule has 1 heterocycles. The zero-order valence-corrected chi connectivity index (χ0v) is 18.9. The Morgan fingerprint density at radius 2 is 1.74 bits per heavy atom. The van der Waals surface area contributed by atoms with Crippen LogP contribution in [0.3, 0.4) is 0 Å². The fraction of sp³-hybridized carbons (Fsp3) is 0.292. The monoisotopic (exact) mass is 498 g/mol. The highest BCUT2D eigenvalue weighted by molar-refractivity contribution is 9.10. The van der Waals surface area contributed by atoms with Crippen LogP contribution in [-0.4, -0.2) is 23.0 Å². The topological polar surface area (TPSA) is 59.0 Å². The van der Waals surface area contributed by atoms with Gasteiger partial charge in [-0.2, -0.15) is 10.1 Å². The summed E-state index contributed by atoms with van der Waals surface area (Å²) in [6.07, 6.45) is 7.70. The van der Waals surface area contributed by atoms with Crippen LogP contribution in [0, 0.1) is 23.7 Å². The van der Waals surface area contributed by atoms with Crippen molar-refractivity contribution < 1.29 is 14.3 Å². The predicted molar refractivity (Wildman–Crippen MR) is 122 cm³/mol. The summed E-state index contributed by atoms with van der Waals surface area (Å²) in [5.74, 6) is 0.138. The molecule has 2 aromatic rings. The van der Waals surface area contributed by atoms with Crippen LogP contribution in [0.25, 0.3) is 0 Å². The first kappa shape index (κ1) is 20.5. The molecule has 1 saturated carbocycles. The third-order valence-electron chi connectivity index (χ3n) is 6.36. The molecule has 6 rings (SSSR count). The van der Waals surface area contributed by atoms with Gasteiger partial charge in [-0.05, 0) is 70.4 Å². The molecular formula is C24H20BrClN2O3. The first-order valence-corrected chi connectivity index (χ1v) is 11.5. The van der Waals surface area contributed by atoms with E-state index in [1.165, 1.54) is 0 Å². The van der Waals surface area contributed by atoms with Crippen molar-refractivity contribution in [2.45, 2.75) is 19.4 Å². The Labute approximate surface area is 193 Å². The van der Waals surface area contributed by atoms with Crippen LogP contribution in [0.15, 0.2) is 64.2 Å². The minimum absolute atomic E-state index is 0.162. The summed E-state index contributed by atoms with van der Waals surface area (Å²) in [6.45, 7) is 0.349. The second-order valence-corrected chi connectivity index (χ2v) is 9.41. The Balaban J connectivity index is 1.28. The van der Waals surface area contributed by atoms with Gasteiger partial charge in [0.25, 0.3) is 11.8 Å². The first-order valence-electron chi connectivity index (χ1n) is 10.3. The fourth-order valence-electron chi connectivity index (χ4n) is 4.78. The SMILES string of the molecule is O=C1[C@@H]2[C@H](C(=O)N1/N=C\c1ccc(OCc3ccccc3Cl)c(Br)c1)[C@H]1C=C[C@H]2CC1. The lowest BCUT2D eigenvalue weighted by molar-refractivity contribution is -0.140. The molecule has 0 aromatic heterocycles. The molecule has 1 aliphatic heterocycles. The average Bonchev–Trinajstić information content (AvgIpc) is 3.05. The minimum Gasteiger partial charge on any atom is -0.488 e. The molecule has 7 heteroatoms. The molecule has 1 saturated heterocycles. The van der Waals surface area contributed by atoms with Crippen LogP contribution in [0.1, 0.15) is 24.0 Å². The molecule has 4 atom stereocenters. The van der Waals surface area contributed by atoms with Crippen LogP contribution < -0.4 is 4.74 Å². The number of amides is 2. The number of benzene rings is 2. The highest BCUT2D eigenvalue weighted by Crippen LogP contribution is 2.49. The van der Waals surface area contributed by atoms with E-state index >= 15 is 0 Å². The van der Waals surface area contributed by atoms with Crippen LogP contribution in [-0.2, 0) is 16.2 Å². The molecule has 4 aliphatic rings. The number of hydrogen-bond donors (Lipinski definition) is 0. The molecule has 5 nitrogen and oxygen atoms in total. The number of fused-ring (bicyclic) bond motifs is 1. The molecule has 2 bridgehead atoms. The smallest absolute Gasteiger partial charge is 0.254 e. The molecule has 2 fully saturated rings. The van der Waals surface area contributed by atoms with Crippen molar-refractivity contribution in [2.75, 3.05) is 0 Å². The third kappa shape index (κ3) is 3.72. The maximum atomic E-state index is 12.8. The summed E-state index contributed by atoms with van der Waals surface area (Å²) >= 11 is 9.69. The van der Waals surface area contributed by atoms with Crippen molar-refractivity contribution >= 4 is 45.6 Å². The normalized spacial score (nSPS) is 26.7. The summed E-state index contributed by atoms with van der Waals surface area (Å²) in [6, 6.07) is 13.0. The van der Waals surface area contributed by atoms with E-state index in [9.17, 15) is 9.59 Å². The van der Waals surface area contributed by atoms with Crippen LogP contribution in [0.4, 0.5) is 0 Å². The van der Waals surface area contributed by atoms with Gasteiger partial charge in [0, 0.05) is 10.6 Å². The average molecular weight is 500 g/mol. The maximum Gasteiger partial charge on any atom is 0.254 e. The number of allylic oxidation sites excluding steroid dienone is 2. The van der Waals surface area contributed by atoms with Gasteiger partial charge in [0.2, 0.25) is 0 Å². The van der Waals surface area contributed by atoms with E-state index in [-0.39, 0.29) is 35.5 Å². The van der Waals surface area contributed by atoms with Crippen molar-refractivity contribution in [1.82, 2.24) is 5.01 Å². The second-order valence-electron chi connectivity index (χ2n) is 8.14. The number of ether oxygens (including phenoxy) is 1. The largest absolute Gasteiger partial charge is 0.488 e. The number of imide groups is 1. The number of hydrogen-bond acceptors (Lipinski definition) is 4. The lowest BCUT2D eigenvalue weighted by Crippen LogP contribution is -2.38. The number of carbonyl (C=O) groups is 2. The summed E-state index contributed by atoms with van der Waals surface area (Å²) in [4.78, 5) is 25.7. The van der Waals surface area contributed by atoms with Gasteiger partial charge in [0.05, 0.1) is 22.5 Å². The van der Waals surface area contributed by atoms with Crippen LogP contribution in [0.5, 0.6) is 5.75 Å². The fourth-order valence-corrected chi connectivity index (χ4v) is 5.48. The highest BCUT2D eigenvalue weighted by atomic mass is 79.9. The van der Waals surface area contributed by atoms with Gasteiger partial charge in [0.1, 0.15) is 12.4 Å². The standard InChI is InChI=1S/C24H20BrClN2O3/c25-18-11-14(5-10-20(18)31-13-17-3-1-2-4-19(17)26)12-27-28-23(29)21-15-6-7-16(9-8-15)22(21)24(28)30/h1-7,10-12,15-16,21-22H,8-9,13H2/b27-12-/t15-,16-,21-,22+/m0/s1. The molecule has 158 valence electrons. The van der Waals surface area contributed by atoms with E-state index in [1.54, 1.807) is 6.21 Å². The molecule has 0 N–H and O–H groups in total. The molecule has 0 radical (unpaired) electrons. The molecule has 0 spiro atoms. The number of rotatable bonds is 5. The van der Waals surface area contributed by atoms with Crippen molar-refractivity contribution in [3.63, 3.8) is 0 Å².